The third-order valence-electron chi connectivity index (χ3n) is 3.46. The quantitative estimate of drug-likeness (QED) is 0.622. The summed E-state index contributed by atoms with van der Waals surface area (Å²) in [4.78, 5) is 0. The Balaban J connectivity index is 2.18. The summed E-state index contributed by atoms with van der Waals surface area (Å²) in [5.74, 6) is 0.730. The van der Waals surface area contributed by atoms with Gasteiger partial charge in [0.25, 0.3) is 0 Å². The Labute approximate surface area is 109 Å². The van der Waals surface area contributed by atoms with Crippen LogP contribution in [0.15, 0.2) is 0 Å². The van der Waals surface area contributed by atoms with E-state index in [-0.39, 0.29) is 29.9 Å². The van der Waals surface area contributed by atoms with Crippen LogP contribution < -0.4 is 0 Å². The Morgan fingerprint density at radius 1 is 1.33 bits per heavy atom. The van der Waals surface area contributed by atoms with Gasteiger partial charge in [-0.1, -0.05) is 0 Å². The average molecular weight is 280 g/mol. The number of methoxy groups -OCH3 is 1. The van der Waals surface area contributed by atoms with Crippen molar-refractivity contribution in [2.45, 2.75) is 19.3 Å². The lowest BCUT2D eigenvalue weighted by molar-refractivity contribution is 0.0637. The molecular formula is C12H24O5S. The summed E-state index contributed by atoms with van der Waals surface area (Å²) in [5, 5.41) is 9.34. The normalized spacial score (nSPS) is 24.2. The zero-order valence-corrected chi connectivity index (χ0v) is 11.8. The van der Waals surface area contributed by atoms with Gasteiger partial charge in [0.05, 0.1) is 24.7 Å². The summed E-state index contributed by atoms with van der Waals surface area (Å²) in [7, 11) is -1.22. The zero-order valence-electron chi connectivity index (χ0n) is 11.0. The van der Waals surface area contributed by atoms with E-state index in [0.717, 1.165) is 12.8 Å². The molecule has 0 spiro atoms. The second-order valence-corrected chi connectivity index (χ2v) is 7.08. The number of hydrogen-bond donors (Lipinski definition) is 1. The molecule has 1 N–H and O–H groups in total. The molecule has 0 saturated carbocycles. The van der Waals surface area contributed by atoms with Crippen molar-refractivity contribution in [1.29, 1.82) is 0 Å². The SMILES string of the molecule is COCCOCCCC(CO)C1CCS(=O)(=O)C1. The maximum absolute atomic E-state index is 11.4. The average Bonchev–Trinajstić information content (AvgIpc) is 2.69. The van der Waals surface area contributed by atoms with Crippen LogP contribution in [0, 0.1) is 11.8 Å². The Hall–Kier alpha value is -0.170. The van der Waals surface area contributed by atoms with Crippen molar-refractivity contribution in [3.05, 3.63) is 0 Å². The first-order valence-electron chi connectivity index (χ1n) is 6.47. The minimum Gasteiger partial charge on any atom is -0.396 e. The van der Waals surface area contributed by atoms with Crippen LogP contribution in [-0.4, -0.2) is 58.6 Å². The molecule has 2 atom stereocenters. The molecule has 1 aliphatic rings. The van der Waals surface area contributed by atoms with Crippen molar-refractivity contribution in [3.8, 4) is 0 Å². The van der Waals surface area contributed by atoms with Gasteiger partial charge in [-0.2, -0.15) is 0 Å². The van der Waals surface area contributed by atoms with Crippen molar-refractivity contribution in [2.24, 2.45) is 11.8 Å². The highest BCUT2D eigenvalue weighted by Gasteiger charge is 2.32. The van der Waals surface area contributed by atoms with E-state index in [1.165, 1.54) is 0 Å². The molecule has 1 heterocycles. The summed E-state index contributed by atoms with van der Waals surface area (Å²) >= 11 is 0. The fourth-order valence-corrected chi connectivity index (χ4v) is 4.28. The third kappa shape index (κ3) is 5.65. The molecule has 1 saturated heterocycles. The predicted octanol–water partition coefficient (Wildman–Crippen LogP) is 0.473. The Kier molecular flexibility index (Phi) is 7.14. The van der Waals surface area contributed by atoms with Gasteiger partial charge in [0, 0.05) is 20.3 Å². The van der Waals surface area contributed by atoms with Crippen LogP contribution in [0.25, 0.3) is 0 Å². The fourth-order valence-electron chi connectivity index (χ4n) is 2.36. The highest BCUT2D eigenvalue weighted by molar-refractivity contribution is 7.91. The summed E-state index contributed by atoms with van der Waals surface area (Å²) in [6, 6.07) is 0. The third-order valence-corrected chi connectivity index (χ3v) is 5.26. The van der Waals surface area contributed by atoms with E-state index in [4.69, 9.17) is 9.47 Å². The number of aliphatic hydroxyl groups is 1. The minimum absolute atomic E-state index is 0.0677. The molecule has 1 rings (SSSR count). The molecule has 108 valence electrons. The molecular weight excluding hydrogens is 256 g/mol. The second kappa shape index (κ2) is 8.09. The number of hydrogen-bond acceptors (Lipinski definition) is 5. The van der Waals surface area contributed by atoms with Gasteiger partial charge in [-0.15, -0.1) is 0 Å². The number of rotatable bonds is 9. The van der Waals surface area contributed by atoms with Crippen molar-refractivity contribution < 1.29 is 23.0 Å². The molecule has 1 fully saturated rings. The summed E-state index contributed by atoms with van der Waals surface area (Å²) in [5.41, 5.74) is 0. The van der Waals surface area contributed by atoms with Crippen LogP contribution in [-0.2, 0) is 19.3 Å². The number of aliphatic hydroxyl groups excluding tert-OH is 1. The van der Waals surface area contributed by atoms with Crippen molar-refractivity contribution in [2.75, 3.05) is 45.0 Å². The van der Waals surface area contributed by atoms with Crippen LogP contribution in [0.3, 0.4) is 0 Å². The molecule has 0 bridgehead atoms. The topological polar surface area (TPSA) is 72.8 Å². The summed E-state index contributed by atoms with van der Waals surface area (Å²) < 4.78 is 33.0. The lowest BCUT2D eigenvalue weighted by Crippen LogP contribution is -2.20. The predicted molar refractivity (Wildman–Crippen MR) is 69.3 cm³/mol. The molecule has 2 unspecified atom stereocenters. The molecule has 0 aliphatic carbocycles. The Morgan fingerprint density at radius 2 is 2.11 bits per heavy atom. The van der Waals surface area contributed by atoms with Gasteiger partial charge in [-0.25, -0.2) is 8.42 Å². The molecule has 0 aromatic carbocycles. The lowest BCUT2D eigenvalue weighted by atomic mass is 9.89. The van der Waals surface area contributed by atoms with E-state index in [9.17, 15) is 13.5 Å². The zero-order chi connectivity index (χ0) is 13.4. The van der Waals surface area contributed by atoms with Crippen LogP contribution in [0.4, 0.5) is 0 Å². The molecule has 0 radical (unpaired) electrons. The maximum Gasteiger partial charge on any atom is 0.150 e. The van der Waals surface area contributed by atoms with E-state index in [0.29, 0.717) is 26.2 Å². The van der Waals surface area contributed by atoms with Crippen molar-refractivity contribution >= 4 is 9.84 Å². The first kappa shape index (κ1) is 15.9. The Bertz CT molecular complexity index is 314. The van der Waals surface area contributed by atoms with E-state index < -0.39 is 9.84 Å². The first-order valence-corrected chi connectivity index (χ1v) is 8.29. The van der Waals surface area contributed by atoms with Gasteiger partial charge < -0.3 is 14.6 Å². The molecule has 0 aromatic heterocycles. The highest BCUT2D eigenvalue weighted by atomic mass is 32.2. The smallest absolute Gasteiger partial charge is 0.150 e. The number of ether oxygens (including phenoxy) is 2. The second-order valence-electron chi connectivity index (χ2n) is 4.85. The van der Waals surface area contributed by atoms with E-state index in [1.54, 1.807) is 7.11 Å². The standard InChI is InChI=1S/C12H24O5S/c1-16-6-7-17-5-2-3-11(9-13)12-4-8-18(14,15)10-12/h11-13H,2-10H2,1H3. The van der Waals surface area contributed by atoms with Gasteiger partial charge in [-0.05, 0) is 31.1 Å². The monoisotopic (exact) mass is 280 g/mol. The Morgan fingerprint density at radius 3 is 2.67 bits per heavy atom. The van der Waals surface area contributed by atoms with Gasteiger partial charge in [0.15, 0.2) is 9.84 Å². The minimum atomic E-state index is -2.85. The first-order chi connectivity index (χ1) is 8.59. The van der Waals surface area contributed by atoms with Crippen LogP contribution >= 0.6 is 0 Å². The molecule has 6 heteroatoms. The molecule has 5 nitrogen and oxygen atoms in total. The van der Waals surface area contributed by atoms with Crippen LogP contribution in [0.5, 0.6) is 0 Å². The molecule has 1 aliphatic heterocycles. The van der Waals surface area contributed by atoms with Crippen LogP contribution in [0.1, 0.15) is 19.3 Å². The van der Waals surface area contributed by atoms with Gasteiger partial charge in [0.2, 0.25) is 0 Å². The fraction of sp³-hybridized carbons (Fsp3) is 1.00. The molecule has 0 aromatic rings. The molecule has 0 amide bonds. The van der Waals surface area contributed by atoms with Crippen molar-refractivity contribution in [3.63, 3.8) is 0 Å². The lowest BCUT2D eigenvalue weighted by Gasteiger charge is -2.19. The van der Waals surface area contributed by atoms with E-state index >= 15 is 0 Å². The van der Waals surface area contributed by atoms with E-state index in [2.05, 4.69) is 0 Å². The van der Waals surface area contributed by atoms with Gasteiger partial charge in [0.1, 0.15) is 0 Å². The highest BCUT2D eigenvalue weighted by Crippen LogP contribution is 2.28. The van der Waals surface area contributed by atoms with Gasteiger partial charge >= 0.3 is 0 Å². The van der Waals surface area contributed by atoms with E-state index in [1.807, 2.05) is 0 Å². The number of sulfone groups is 1. The largest absolute Gasteiger partial charge is 0.396 e. The maximum atomic E-state index is 11.4. The summed E-state index contributed by atoms with van der Waals surface area (Å²) in [6.45, 7) is 1.87. The summed E-state index contributed by atoms with van der Waals surface area (Å²) in [6.07, 6.45) is 2.37. The molecule has 18 heavy (non-hydrogen) atoms. The van der Waals surface area contributed by atoms with Gasteiger partial charge in [-0.3, -0.25) is 0 Å². The van der Waals surface area contributed by atoms with Crippen molar-refractivity contribution in [1.82, 2.24) is 0 Å². The van der Waals surface area contributed by atoms with Crippen LogP contribution in [0.2, 0.25) is 0 Å².